The van der Waals surface area contributed by atoms with Gasteiger partial charge in [-0.2, -0.15) is 0 Å². The van der Waals surface area contributed by atoms with Gasteiger partial charge in [0.25, 0.3) is 11.8 Å². The van der Waals surface area contributed by atoms with Crippen molar-refractivity contribution in [1.29, 1.82) is 0 Å². The van der Waals surface area contributed by atoms with E-state index in [4.69, 9.17) is 22.1 Å². The predicted octanol–water partition coefficient (Wildman–Crippen LogP) is 5.65. The Kier molecular flexibility index (Phi) is 8.23. The maximum atomic E-state index is 13.7. The van der Waals surface area contributed by atoms with Crippen molar-refractivity contribution in [3.63, 3.8) is 0 Å². The fourth-order valence-corrected chi connectivity index (χ4v) is 4.73. The van der Waals surface area contributed by atoms with E-state index in [2.05, 4.69) is 5.32 Å². The van der Waals surface area contributed by atoms with E-state index in [-0.39, 0.29) is 30.1 Å². The number of halogens is 2. The minimum Gasteiger partial charge on any atom is -0.497 e. The van der Waals surface area contributed by atoms with Gasteiger partial charge in [-0.3, -0.25) is 9.59 Å². The molecule has 1 saturated carbocycles. The van der Waals surface area contributed by atoms with Crippen LogP contribution >= 0.6 is 11.6 Å². The zero-order chi connectivity index (χ0) is 25.7. The summed E-state index contributed by atoms with van der Waals surface area (Å²) >= 11 is 6.53. The minimum atomic E-state index is -0.490. The number of carbonyl (C=O) groups is 2. The first-order valence-electron chi connectivity index (χ1n) is 11.9. The molecule has 3 aromatic carbocycles. The van der Waals surface area contributed by atoms with Crippen LogP contribution in [0.3, 0.4) is 0 Å². The number of hydrogen-bond donors (Lipinski definition) is 2. The molecule has 4 rings (SSSR count). The lowest BCUT2D eigenvalue weighted by Gasteiger charge is -2.38. The van der Waals surface area contributed by atoms with Crippen LogP contribution in [0.2, 0.25) is 5.02 Å². The Morgan fingerprint density at radius 2 is 1.81 bits per heavy atom. The van der Waals surface area contributed by atoms with E-state index in [0.29, 0.717) is 27.6 Å². The molecule has 0 aliphatic heterocycles. The van der Waals surface area contributed by atoms with E-state index in [9.17, 15) is 14.0 Å². The van der Waals surface area contributed by atoms with Gasteiger partial charge in [0.1, 0.15) is 11.6 Å². The minimum absolute atomic E-state index is 0.143. The third kappa shape index (κ3) is 6.04. The summed E-state index contributed by atoms with van der Waals surface area (Å²) in [5.74, 6) is -0.415. The lowest BCUT2D eigenvalue weighted by atomic mass is 9.89. The summed E-state index contributed by atoms with van der Waals surface area (Å²) in [4.78, 5) is 28.1. The zero-order valence-electron chi connectivity index (χ0n) is 20.0. The molecule has 1 fully saturated rings. The summed E-state index contributed by atoms with van der Waals surface area (Å²) in [6.07, 6.45) is 3.66. The highest BCUT2D eigenvalue weighted by Gasteiger charge is 2.32. The SMILES string of the molecule is COc1ccc(C(=O)N(Cc2cc(NC(=O)c3cccc(F)c3)ccc2Cl)C2CCCCC2N)cc1. The first kappa shape index (κ1) is 25.7. The van der Waals surface area contributed by atoms with E-state index in [1.807, 2.05) is 0 Å². The van der Waals surface area contributed by atoms with E-state index in [0.717, 1.165) is 25.7 Å². The number of carbonyl (C=O) groups excluding carboxylic acids is 2. The summed E-state index contributed by atoms with van der Waals surface area (Å²) in [7, 11) is 1.58. The van der Waals surface area contributed by atoms with Gasteiger partial charge < -0.3 is 20.7 Å². The highest BCUT2D eigenvalue weighted by Crippen LogP contribution is 2.29. The van der Waals surface area contributed by atoms with Crippen LogP contribution in [-0.4, -0.2) is 35.9 Å². The molecule has 2 amide bonds. The van der Waals surface area contributed by atoms with Gasteiger partial charge in [0.15, 0.2) is 0 Å². The lowest BCUT2D eigenvalue weighted by molar-refractivity contribution is 0.0583. The maximum Gasteiger partial charge on any atom is 0.255 e. The van der Waals surface area contributed by atoms with Crippen LogP contribution in [0.4, 0.5) is 10.1 Å². The second-order valence-electron chi connectivity index (χ2n) is 8.95. The predicted molar refractivity (Wildman–Crippen MR) is 139 cm³/mol. The number of methoxy groups -OCH3 is 1. The monoisotopic (exact) mass is 509 g/mol. The molecular formula is C28H29ClFN3O3. The molecule has 3 N–H and O–H groups in total. The van der Waals surface area contributed by atoms with Gasteiger partial charge in [-0.05, 0) is 79.1 Å². The quantitative estimate of drug-likeness (QED) is 0.431. The first-order valence-corrected chi connectivity index (χ1v) is 12.3. The standard InChI is InChI=1S/C28H29ClFN3O3/c1-36-23-12-9-18(10-13-23)28(35)33(26-8-3-2-7-25(26)31)17-20-16-22(11-14-24(20)29)32-27(34)19-5-4-6-21(30)15-19/h4-6,9-16,25-26H,2-3,7-8,17,31H2,1H3,(H,32,34). The molecule has 0 spiro atoms. The molecule has 0 saturated heterocycles. The van der Waals surface area contributed by atoms with Crippen LogP contribution in [0.15, 0.2) is 66.7 Å². The normalized spacial score (nSPS) is 17.3. The number of nitrogens with one attached hydrogen (secondary N) is 1. The van der Waals surface area contributed by atoms with Gasteiger partial charge >= 0.3 is 0 Å². The molecule has 188 valence electrons. The van der Waals surface area contributed by atoms with Gasteiger partial charge in [-0.25, -0.2) is 4.39 Å². The van der Waals surface area contributed by atoms with E-state index >= 15 is 0 Å². The second kappa shape index (κ2) is 11.5. The molecule has 8 heteroatoms. The van der Waals surface area contributed by atoms with Crippen LogP contribution in [-0.2, 0) is 6.54 Å². The van der Waals surface area contributed by atoms with E-state index in [1.54, 1.807) is 54.5 Å². The van der Waals surface area contributed by atoms with Crippen molar-refractivity contribution in [3.8, 4) is 5.75 Å². The Morgan fingerprint density at radius 1 is 1.06 bits per heavy atom. The van der Waals surface area contributed by atoms with Crippen molar-refractivity contribution in [2.45, 2.75) is 44.3 Å². The van der Waals surface area contributed by atoms with E-state index in [1.165, 1.54) is 24.3 Å². The molecule has 0 aromatic heterocycles. The van der Waals surface area contributed by atoms with Crippen molar-refractivity contribution < 1.29 is 18.7 Å². The third-order valence-electron chi connectivity index (χ3n) is 6.51. The number of anilines is 1. The molecule has 36 heavy (non-hydrogen) atoms. The summed E-state index contributed by atoms with van der Waals surface area (Å²) in [5, 5.41) is 3.25. The Balaban J connectivity index is 1.61. The van der Waals surface area contributed by atoms with Crippen LogP contribution in [0.1, 0.15) is 52.0 Å². The van der Waals surface area contributed by atoms with Gasteiger partial charge in [0.2, 0.25) is 0 Å². The zero-order valence-corrected chi connectivity index (χ0v) is 20.8. The molecule has 6 nitrogen and oxygen atoms in total. The van der Waals surface area contributed by atoms with Gasteiger partial charge in [-0.15, -0.1) is 0 Å². The Labute approximate surface area is 215 Å². The summed E-state index contributed by atoms with van der Waals surface area (Å²) in [6.45, 7) is 0.228. The number of ether oxygens (including phenoxy) is 1. The highest BCUT2D eigenvalue weighted by molar-refractivity contribution is 6.31. The van der Waals surface area contributed by atoms with Crippen molar-refractivity contribution in [2.75, 3.05) is 12.4 Å². The topological polar surface area (TPSA) is 84.7 Å². The van der Waals surface area contributed by atoms with Crippen molar-refractivity contribution >= 4 is 29.1 Å². The Hall–Kier alpha value is -3.42. The number of nitrogens with zero attached hydrogens (tertiary/aromatic N) is 1. The molecule has 1 aliphatic carbocycles. The average Bonchev–Trinajstić information content (AvgIpc) is 2.89. The average molecular weight is 510 g/mol. The van der Waals surface area contributed by atoms with Crippen LogP contribution in [0.5, 0.6) is 5.75 Å². The molecule has 0 heterocycles. The molecular weight excluding hydrogens is 481 g/mol. The maximum absolute atomic E-state index is 13.7. The van der Waals surface area contributed by atoms with E-state index < -0.39 is 11.7 Å². The number of benzene rings is 3. The van der Waals surface area contributed by atoms with Crippen LogP contribution < -0.4 is 15.8 Å². The van der Waals surface area contributed by atoms with Crippen molar-refractivity contribution in [3.05, 3.63) is 94.3 Å². The van der Waals surface area contributed by atoms with Crippen molar-refractivity contribution in [1.82, 2.24) is 4.90 Å². The second-order valence-corrected chi connectivity index (χ2v) is 9.36. The van der Waals surface area contributed by atoms with Gasteiger partial charge in [0, 0.05) is 40.5 Å². The van der Waals surface area contributed by atoms with Crippen LogP contribution in [0, 0.1) is 5.82 Å². The molecule has 3 aromatic rings. The largest absolute Gasteiger partial charge is 0.497 e. The Bertz CT molecular complexity index is 1230. The van der Waals surface area contributed by atoms with Gasteiger partial charge in [0.05, 0.1) is 7.11 Å². The lowest BCUT2D eigenvalue weighted by Crippen LogP contribution is -2.51. The summed E-state index contributed by atoms with van der Waals surface area (Å²) in [5.41, 5.74) is 8.37. The molecule has 2 atom stereocenters. The van der Waals surface area contributed by atoms with Crippen LogP contribution in [0.25, 0.3) is 0 Å². The molecule has 0 bridgehead atoms. The molecule has 0 radical (unpaired) electrons. The summed E-state index contributed by atoms with van der Waals surface area (Å²) in [6, 6.07) is 17.2. The fraction of sp³-hybridized carbons (Fsp3) is 0.286. The smallest absolute Gasteiger partial charge is 0.255 e. The number of nitrogens with two attached hydrogens (primary N) is 1. The molecule has 2 unspecified atom stereocenters. The number of hydrogen-bond acceptors (Lipinski definition) is 4. The number of amides is 2. The van der Waals surface area contributed by atoms with Crippen molar-refractivity contribution in [2.24, 2.45) is 5.73 Å². The first-order chi connectivity index (χ1) is 17.4. The summed E-state index contributed by atoms with van der Waals surface area (Å²) < 4.78 is 18.8. The highest BCUT2D eigenvalue weighted by atomic mass is 35.5. The Morgan fingerprint density at radius 3 is 2.50 bits per heavy atom. The molecule has 1 aliphatic rings. The van der Waals surface area contributed by atoms with Gasteiger partial charge in [-0.1, -0.05) is 30.5 Å². The fourth-order valence-electron chi connectivity index (χ4n) is 4.56. The third-order valence-corrected chi connectivity index (χ3v) is 6.88. The number of rotatable bonds is 7.